The van der Waals surface area contributed by atoms with Gasteiger partial charge in [-0.2, -0.15) is 0 Å². The molecule has 9 heteroatoms. The lowest BCUT2D eigenvalue weighted by atomic mass is 10.1. The molecule has 0 aliphatic carbocycles. The molecular weight excluding hydrogens is 464 g/mol. The first-order chi connectivity index (χ1) is 12.5. The first-order valence-electron chi connectivity index (χ1n) is 8.36. The monoisotopic (exact) mass is 489 g/mol. The summed E-state index contributed by atoms with van der Waals surface area (Å²) in [6.45, 7) is 5.10. The smallest absolute Gasteiger partial charge is 0.224 e. The van der Waals surface area contributed by atoms with Crippen molar-refractivity contribution in [3.05, 3.63) is 53.0 Å². The topological polar surface area (TPSA) is 91.5 Å². The highest BCUT2D eigenvalue weighted by atomic mass is 127. The normalized spacial score (nSPS) is 10.9. The first kappa shape index (κ1) is 22.9. The van der Waals surface area contributed by atoms with Gasteiger partial charge in [0.15, 0.2) is 5.96 Å². The number of benzene rings is 1. The minimum absolute atomic E-state index is 0. The molecule has 0 saturated carbocycles. The number of nitrogens with one attached hydrogen (secondary N) is 3. The molecule has 0 radical (unpaired) electrons. The third-order valence-electron chi connectivity index (χ3n) is 3.70. The molecule has 0 saturated heterocycles. The van der Waals surface area contributed by atoms with E-state index in [4.69, 9.17) is 4.42 Å². The summed E-state index contributed by atoms with van der Waals surface area (Å²) in [7, 11) is 1.66. The van der Waals surface area contributed by atoms with Crippen LogP contribution in [0.4, 0.5) is 4.39 Å². The molecule has 7 nitrogen and oxygen atoms in total. The number of carbonyl (C=O) groups excluding carboxylic acids is 1. The number of halogens is 2. The van der Waals surface area contributed by atoms with Gasteiger partial charge in [-0.15, -0.1) is 24.0 Å². The second kappa shape index (κ2) is 11.5. The Morgan fingerprint density at radius 1 is 1.22 bits per heavy atom. The Balaban J connectivity index is 0.00000364. The van der Waals surface area contributed by atoms with Crippen molar-refractivity contribution in [1.29, 1.82) is 0 Å². The highest BCUT2D eigenvalue weighted by molar-refractivity contribution is 14.0. The summed E-state index contributed by atoms with van der Waals surface area (Å²) in [5, 5.41) is 8.95. The van der Waals surface area contributed by atoms with Crippen LogP contribution in [0.15, 0.2) is 33.7 Å². The van der Waals surface area contributed by atoms with Crippen LogP contribution in [0, 0.1) is 19.7 Å². The highest BCUT2D eigenvalue weighted by Crippen LogP contribution is 2.07. The highest BCUT2D eigenvalue weighted by Gasteiger charge is 2.07. The van der Waals surface area contributed by atoms with Crippen LogP contribution >= 0.6 is 24.0 Å². The molecule has 2 rings (SSSR count). The van der Waals surface area contributed by atoms with E-state index in [-0.39, 0.29) is 42.1 Å². The molecule has 27 heavy (non-hydrogen) atoms. The van der Waals surface area contributed by atoms with Gasteiger partial charge in [-0.3, -0.25) is 9.79 Å². The Labute approximate surface area is 175 Å². The Kier molecular flexibility index (Phi) is 9.76. The van der Waals surface area contributed by atoms with E-state index in [2.05, 4.69) is 25.9 Å². The van der Waals surface area contributed by atoms with E-state index in [1.807, 2.05) is 13.8 Å². The third-order valence-corrected chi connectivity index (χ3v) is 3.70. The van der Waals surface area contributed by atoms with E-state index < -0.39 is 0 Å². The molecule has 1 amide bonds. The van der Waals surface area contributed by atoms with Crippen LogP contribution in [0.1, 0.15) is 22.9 Å². The largest absolute Gasteiger partial charge is 0.444 e. The molecule has 0 bridgehead atoms. The number of rotatable bonds is 7. The Morgan fingerprint density at radius 2 is 1.96 bits per heavy atom. The number of oxazole rings is 1. The average Bonchev–Trinajstić information content (AvgIpc) is 2.92. The average molecular weight is 489 g/mol. The van der Waals surface area contributed by atoms with Crippen molar-refractivity contribution in [3.8, 4) is 0 Å². The van der Waals surface area contributed by atoms with Crippen molar-refractivity contribution in [3.63, 3.8) is 0 Å². The summed E-state index contributed by atoms with van der Waals surface area (Å²) < 4.78 is 18.6. The molecule has 0 unspecified atom stereocenters. The molecule has 3 N–H and O–H groups in total. The summed E-state index contributed by atoms with van der Waals surface area (Å²) in [5.41, 5.74) is 1.51. The first-order valence-corrected chi connectivity index (χ1v) is 8.36. The van der Waals surface area contributed by atoms with E-state index in [9.17, 15) is 9.18 Å². The Bertz CT molecular complexity index is 759. The lowest BCUT2D eigenvalue weighted by molar-refractivity contribution is -0.120. The number of hydrogen-bond acceptors (Lipinski definition) is 4. The van der Waals surface area contributed by atoms with Crippen LogP contribution in [-0.2, 0) is 17.8 Å². The van der Waals surface area contributed by atoms with Crippen molar-refractivity contribution < 1.29 is 13.6 Å². The number of aromatic nitrogens is 1. The number of hydrogen-bond donors (Lipinski definition) is 3. The van der Waals surface area contributed by atoms with Gasteiger partial charge in [0, 0.05) is 20.1 Å². The van der Waals surface area contributed by atoms with Crippen LogP contribution < -0.4 is 16.0 Å². The van der Waals surface area contributed by atoms with Crippen molar-refractivity contribution in [2.45, 2.75) is 26.8 Å². The van der Waals surface area contributed by atoms with E-state index in [1.54, 1.807) is 19.2 Å². The predicted octanol–water partition coefficient (Wildman–Crippen LogP) is 2.07. The van der Waals surface area contributed by atoms with Crippen molar-refractivity contribution >= 4 is 35.8 Å². The van der Waals surface area contributed by atoms with E-state index in [1.165, 1.54) is 12.1 Å². The van der Waals surface area contributed by atoms with Crippen molar-refractivity contribution in [2.75, 3.05) is 20.1 Å². The molecular formula is C18H25FIN5O2. The van der Waals surface area contributed by atoms with Crippen LogP contribution in [-0.4, -0.2) is 37.0 Å². The minimum Gasteiger partial charge on any atom is -0.444 e. The Morgan fingerprint density at radius 3 is 2.59 bits per heavy atom. The number of nitrogens with zero attached hydrogens (tertiary/aromatic N) is 2. The van der Waals surface area contributed by atoms with Crippen LogP contribution in [0.3, 0.4) is 0 Å². The molecule has 1 heterocycles. The van der Waals surface area contributed by atoms with Crippen molar-refractivity contribution in [2.24, 2.45) is 4.99 Å². The molecule has 148 valence electrons. The zero-order chi connectivity index (χ0) is 18.9. The van der Waals surface area contributed by atoms with Gasteiger partial charge in [0.05, 0.1) is 18.7 Å². The molecule has 1 aromatic carbocycles. The fourth-order valence-corrected chi connectivity index (χ4v) is 2.27. The number of aryl methyl sites for hydroxylation is 2. The number of aliphatic imine (C=N–C) groups is 1. The molecule has 0 atom stereocenters. The van der Waals surface area contributed by atoms with Crippen LogP contribution in [0.25, 0.3) is 0 Å². The van der Waals surface area contributed by atoms with Gasteiger partial charge in [-0.25, -0.2) is 9.37 Å². The zero-order valence-electron chi connectivity index (χ0n) is 15.6. The van der Waals surface area contributed by atoms with E-state index in [0.717, 1.165) is 11.5 Å². The van der Waals surface area contributed by atoms with Gasteiger partial charge >= 0.3 is 0 Å². The maximum absolute atomic E-state index is 13.1. The van der Waals surface area contributed by atoms with Gasteiger partial charge in [0.1, 0.15) is 11.6 Å². The lowest BCUT2D eigenvalue weighted by Gasteiger charge is -2.11. The number of guanidine groups is 1. The standard InChI is InChI=1S/C18H24FN5O2.HI/c1-12-13(2)26-17(24-12)11-23-18(20-3)22-8-7-21-16(25)10-14-5-4-6-15(19)9-14;/h4-6,9H,7-8,10-11H2,1-3H3,(H,21,25)(H2,20,22,23);1H. The minimum atomic E-state index is -0.344. The van der Waals surface area contributed by atoms with Gasteiger partial charge in [0.25, 0.3) is 0 Å². The quantitative estimate of drug-likeness (QED) is 0.240. The summed E-state index contributed by atoms with van der Waals surface area (Å²) >= 11 is 0. The number of amides is 1. The maximum Gasteiger partial charge on any atom is 0.224 e. The lowest BCUT2D eigenvalue weighted by Crippen LogP contribution is -2.41. The maximum atomic E-state index is 13.1. The predicted molar refractivity (Wildman–Crippen MR) is 113 cm³/mol. The fourth-order valence-electron chi connectivity index (χ4n) is 2.27. The third kappa shape index (κ3) is 7.94. The summed E-state index contributed by atoms with van der Waals surface area (Å²) in [6.07, 6.45) is 0.146. The summed E-state index contributed by atoms with van der Waals surface area (Å²) in [5.74, 6) is 1.46. The Hall–Kier alpha value is -2.17. The van der Waals surface area contributed by atoms with E-state index >= 15 is 0 Å². The molecule has 0 spiro atoms. The molecule has 0 fully saturated rings. The van der Waals surface area contributed by atoms with Gasteiger partial charge < -0.3 is 20.4 Å². The summed E-state index contributed by atoms with van der Waals surface area (Å²) in [6, 6.07) is 6.02. The number of carbonyl (C=O) groups is 1. The SMILES string of the molecule is CN=C(NCCNC(=O)Cc1cccc(F)c1)NCc1nc(C)c(C)o1.I. The van der Waals surface area contributed by atoms with Crippen LogP contribution in [0.2, 0.25) is 0 Å². The molecule has 0 aliphatic rings. The second-order valence-corrected chi connectivity index (χ2v) is 5.76. The van der Waals surface area contributed by atoms with Crippen LogP contribution in [0.5, 0.6) is 0 Å². The molecule has 2 aromatic rings. The summed E-state index contributed by atoms with van der Waals surface area (Å²) in [4.78, 5) is 20.2. The fraction of sp³-hybridized carbons (Fsp3) is 0.389. The molecule has 1 aromatic heterocycles. The van der Waals surface area contributed by atoms with Gasteiger partial charge in [-0.05, 0) is 31.5 Å². The second-order valence-electron chi connectivity index (χ2n) is 5.76. The van der Waals surface area contributed by atoms with E-state index in [0.29, 0.717) is 37.0 Å². The zero-order valence-corrected chi connectivity index (χ0v) is 18.0. The van der Waals surface area contributed by atoms with Gasteiger partial charge in [0.2, 0.25) is 11.8 Å². The molecule has 0 aliphatic heterocycles. The van der Waals surface area contributed by atoms with Crippen molar-refractivity contribution in [1.82, 2.24) is 20.9 Å². The van der Waals surface area contributed by atoms with Gasteiger partial charge in [-0.1, -0.05) is 12.1 Å².